The molecule has 0 spiro atoms. The van der Waals surface area contributed by atoms with E-state index in [9.17, 15) is 14.9 Å². The van der Waals surface area contributed by atoms with Crippen LogP contribution in [-0.4, -0.2) is 48.6 Å². The van der Waals surface area contributed by atoms with E-state index in [1.54, 1.807) is 6.07 Å². The van der Waals surface area contributed by atoms with Crippen molar-refractivity contribution in [3.8, 4) is 5.75 Å². The molecule has 0 amide bonds. The van der Waals surface area contributed by atoms with Crippen LogP contribution in [-0.2, 0) is 16.1 Å². The predicted molar refractivity (Wildman–Crippen MR) is 87.6 cm³/mol. The van der Waals surface area contributed by atoms with Crippen LogP contribution in [0.2, 0.25) is 0 Å². The number of methoxy groups -OCH3 is 1. The number of nitro groups is 1. The van der Waals surface area contributed by atoms with Crippen LogP contribution in [0.1, 0.15) is 18.9 Å². The van der Waals surface area contributed by atoms with E-state index < -0.39 is 10.9 Å². The molecule has 1 aromatic carbocycles. The fraction of sp³-hybridized carbons (Fsp3) is 0.562. The summed E-state index contributed by atoms with van der Waals surface area (Å²) in [5, 5.41) is 11.3. The zero-order valence-corrected chi connectivity index (χ0v) is 13.9. The lowest BCUT2D eigenvalue weighted by atomic mass is 10.1. The van der Waals surface area contributed by atoms with Gasteiger partial charge in [0.25, 0.3) is 0 Å². The maximum atomic E-state index is 11.3. The summed E-state index contributed by atoms with van der Waals surface area (Å²) in [6, 6.07) is 5.20. The Bertz CT molecular complexity index is 607. The van der Waals surface area contributed by atoms with Gasteiger partial charge in [-0.1, -0.05) is 6.07 Å². The van der Waals surface area contributed by atoms with Gasteiger partial charge in [-0.05, 0) is 37.4 Å². The molecule has 2 N–H and O–H groups in total. The van der Waals surface area contributed by atoms with Crippen molar-refractivity contribution in [1.29, 1.82) is 0 Å². The summed E-state index contributed by atoms with van der Waals surface area (Å²) in [5.41, 5.74) is 6.41. The van der Waals surface area contributed by atoms with Crippen molar-refractivity contribution < 1.29 is 19.2 Å². The van der Waals surface area contributed by atoms with Crippen molar-refractivity contribution >= 4 is 11.7 Å². The minimum atomic E-state index is -0.591. The zero-order chi connectivity index (χ0) is 17.7. The van der Waals surface area contributed by atoms with E-state index in [1.807, 2.05) is 0 Å². The number of carbonyl (C=O) groups is 1. The van der Waals surface area contributed by atoms with Crippen LogP contribution in [0.3, 0.4) is 0 Å². The normalized spacial score (nSPS) is 20.8. The molecule has 8 nitrogen and oxygen atoms in total. The lowest BCUT2D eigenvalue weighted by Crippen LogP contribution is -2.27. The summed E-state index contributed by atoms with van der Waals surface area (Å²) >= 11 is 0. The summed E-state index contributed by atoms with van der Waals surface area (Å²) in [6.07, 6.45) is 1.04. The summed E-state index contributed by atoms with van der Waals surface area (Å²) in [5.74, 6) is -0.0619. The second-order valence-corrected chi connectivity index (χ2v) is 6.04. The van der Waals surface area contributed by atoms with E-state index in [-0.39, 0.29) is 18.0 Å². The van der Waals surface area contributed by atoms with Crippen LogP contribution in [0.5, 0.6) is 5.75 Å². The molecule has 2 rings (SSSR count). The van der Waals surface area contributed by atoms with Crippen molar-refractivity contribution in [2.75, 3.05) is 26.8 Å². The molecule has 0 bridgehead atoms. The monoisotopic (exact) mass is 337 g/mol. The summed E-state index contributed by atoms with van der Waals surface area (Å²) in [4.78, 5) is 24.2. The Morgan fingerprint density at radius 3 is 2.83 bits per heavy atom. The Kier molecular flexibility index (Phi) is 6.10. The molecule has 2 atom stereocenters. The largest absolute Gasteiger partial charge is 0.475 e. The Labute approximate surface area is 140 Å². The fourth-order valence-corrected chi connectivity index (χ4v) is 2.96. The van der Waals surface area contributed by atoms with Crippen molar-refractivity contribution in [3.05, 3.63) is 33.9 Å². The molecule has 1 saturated heterocycles. The van der Waals surface area contributed by atoms with Crippen molar-refractivity contribution in [2.24, 2.45) is 11.7 Å². The number of esters is 1. The quantitative estimate of drug-likeness (QED) is 0.454. The molecular formula is C16H23N3O5. The van der Waals surface area contributed by atoms with Gasteiger partial charge >= 0.3 is 11.7 Å². The average molecular weight is 337 g/mol. The number of benzene rings is 1. The molecule has 1 aliphatic rings. The number of nitro benzene ring substituents is 1. The highest BCUT2D eigenvalue weighted by atomic mass is 16.6. The smallest absolute Gasteiger partial charge is 0.343 e. The van der Waals surface area contributed by atoms with E-state index in [1.165, 1.54) is 19.2 Å². The van der Waals surface area contributed by atoms with Crippen LogP contribution in [0, 0.1) is 16.0 Å². The van der Waals surface area contributed by atoms with Crippen LogP contribution in [0.4, 0.5) is 5.69 Å². The number of likely N-dealkylation sites (tertiary alicyclic amines) is 1. The highest BCUT2D eigenvalue weighted by Gasteiger charge is 2.28. The fourth-order valence-electron chi connectivity index (χ4n) is 2.96. The minimum absolute atomic E-state index is 0.0588. The van der Waals surface area contributed by atoms with Crippen molar-refractivity contribution in [3.63, 3.8) is 0 Å². The summed E-state index contributed by atoms with van der Waals surface area (Å²) < 4.78 is 9.65. The molecule has 1 aliphatic heterocycles. The third-order valence-corrected chi connectivity index (χ3v) is 4.30. The molecule has 0 aromatic heterocycles. The third-order valence-electron chi connectivity index (χ3n) is 4.30. The van der Waals surface area contributed by atoms with Gasteiger partial charge in [-0.2, -0.15) is 0 Å². The number of nitrogens with zero attached hydrogens (tertiary/aromatic N) is 2. The molecule has 1 fully saturated rings. The Morgan fingerprint density at radius 2 is 2.25 bits per heavy atom. The molecule has 0 aliphatic carbocycles. The minimum Gasteiger partial charge on any atom is -0.475 e. The Hall–Kier alpha value is -2.19. The molecule has 0 saturated carbocycles. The molecule has 0 radical (unpaired) electrons. The summed E-state index contributed by atoms with van der Waals surface area (Å²) in [6.45, 7) is 3.94. The van der Waals surface area contributed by atoms with Gasteiger partial charge in [0, 0.05) is 25.2 Å². The Morgan fingerprint density at radius 1 is 1.50 bits per heavy atom. The first-order valence-electron chi connectivity index (χ1n) is 7.85. The second kappa shape index (κ2) is 8.07. The lowest BCUT2D eigenvalue weighted by molar-refractivity contribution is -0.385. The van der Waals surface area contributed by atoms with Gasteiger partial charge in [-0.3, -0.25) is 15.0 Å². The van der Waals surface area contributed by atoms with Gasteiger partial charge in [0.2, 0.25) is 0 Å². The predicted octanol–water partition coefficient (Wildman–Crippen LogP) is 1.32. The van der Waals surface area contributed by atoms with E-state index >= 15 is 0 Å². The van der Waals surface area contributed by atoms with Crippen LogP contribution >= 0.6 is 0 Å². The number of rotatable bonds is 7. The first-order valence-corrected chi connectivity index (χ1v) is 7.85. The molecular weight excluding hydrogens is 314 g/mol. The van der Waals surface area contributed by atoms with Gasteiger partial charge in [0.05, 0.1) is 12.0 Å². The van der Waals surface area contributed by atoms with Gasteiger partial charge in [-0.15, -0.1) is 0 Å². The van der Waals surface area contributed by atoms with Crippen molar-refractivity contribution in [2.45, 2.75) is 25.9 Å². The molecule has 1 aromatic rings. The Balaban J connectivity index is 2.10. The second-order valence-electron chi connectivity index (χ2n) is 6.04. The maximum Gasteiger partial charge on any atom is 0.343 e. The molecule has 24 heavy (non-hydrogen) atoms. The van der Waals surface area contributed by atoms with Gasteiger partial charge in [0.15, 0.2) is 12.4 Å². The van der Waals surface area contributed by atoms with Crippen molar-refractivity contribution in [1.82, 2.24) is 4.90 Å². The number of hydrogen-bond acceptors (Lipinski definition) is 7. The number of ether oxygens (including phenoxy) is 2. The lowest BCUT2D eigenvalue weighted by Gasteiger charge is -2.21. The van der Waals surface area contributed by atoms with E-state index in [4.69, 9.17) is 10.5 Å². The molecule has 8 heteroatoms. The van der Waals surface area contributed by atoms with Gasteiger partial charge in [0.1, 0.15) is 0 Å². The third kappa shape index (κ3) is 4.42. The molecule has 132 valence electrons. The number of nitrogens with two attached hydrogens (primary N) is 1. The average Bonchev–Trinajstić information content (AvgIpc) is 2.93. The highest BCUT2D eigenvalue weighted by molar-refractivity contribution is 5.71. The van der Waals surface area contributed by atoms with E-state index in [2.05, 4.69) is 16.6 Å². The standard InChI is InChI=1S/C16H23N3O5/c1-11-5-13(7-17)9-18(11)8-12-3-4-15(14(6-12)19(21)22)24-10-16(20)23-2/h3-4,6,11,13H,5,7-10,17H2,1-2H3. The number of hydrogen-bond donors (Lipinski definition) is 1. The summed E-state index contributed by atoms with van der Waals surface area (Å²) in [7, 11) is 1.23. The SMILES string of the molecule is COC(=O)COc1ccc(CN2CC(CN)CC2C)cc1[N+](=O)[O-]. The first kappa shape index (κ1) is 18.2. The van der Waals surface area contributed by atoms with Crippen LogP contribution < -0.4 is 10.5 Å². The van der Waals surface area contributed by atoms with E-state index in [0.29, 0.717) is 25.0 Å². The van der Waals surface area contributed by atoms with Gasteiger partial charge in [-0.25, -0.2) is 4.79 Å². The molecule has 1 heterocycles. The topological polar surface area (TPSA) is 108 Å². The van der Waals surface area contributed by atoms with Crippen LogP contribution in [0.25, 0.3) is 0 Å². The number of carbonyl (C=O) groups excluding carboxylic acids is 1. The van der Waals surface area contributed by atoms with Crippen LogP contribution in [0.15, 0.2) is 18.2 Å². The molecule has 2 unspecified atom stereocenters. The zero-order valence-electron chi connectivity index (χ0n) is 13.9. The van der Waals surface area contributed by atoms with Gasteiger partial charge < -0.3 is 15.2 Å². The highest BCUT2D eigenvalue weighted by Crippen LogP contribution is 2.30. The maximum absolute atomic E-state index is 11.3. The first-order chi connectivity index (χ1) is 11.4. The van der Waals surface area contributed by atoms with E-state index in [0.717, 1.165) is 18.5 Å².